The third kappa shape index (κ3) is 5.55. The Morgan fingerprint density at radius 3 is 2.70 bits per heavy atom. The van der Waals surface area contributed by atoms with Crippen molar-refractivity contribution < 1.29 is 14.3 Å². The fourth-order valence-corrected chi connectivity index (χ4v) is 6.21. The van der Waals surface area contributed by atoms with Gasteiger partial charge < -0.3 is 25.7 Å². The zero-order valence-electron chi connectivity index (χ0n) is 24.9. The van der Waals surface area contributed by atoms with Gasteiger partial charge in [0.25, 0.3) is 5.91 Å². The van der Waals surface area contributed by atoms with Gasteiger partial charge in [-0.1, -0.05) is 24.3 Å². The number of hydrogen-bond donors (Lipinski definition) is 3. The van der Waals surface area contributed by atoms with Gasteiger partial charge in [-0.2, -0.15) is 0 Å². The largest absolute Gasteiger partial charge is 0.497 e. The Morgan fingerprint density at radius 1 is 1.12 bits per heavy atom. The lowest BCUT2D eigenvalue weighted by molar-refractivity contribution is -0.133. The van der Waals surface area contributed by atoms with Crippen LogP contribution in [0.5, 0.6) is 5.75 Å². The molecule has 2 amide bonds. The van der Waals surface area contributed by atoms with E-state index in [4.69, 9.17) is 15.5 Å². The molecule has 9 nitrogen and oxygen atoms in total. The van der Waals surface area contributed by atoms with Crippen LogP contribution >= 0.6 is 0 Å². The van der Waals surface area contributed by atoms with Crippen LogP contribution in [0.25, 0.3) is 22.0 Å². The average Bonchev–Trinajstić information content (AvgIpc) is 3.58. The number of methoxy groups -OCH3 is 1. The van der Waals surface area contributed by atoms with Crippen molar-refractivity contribution in [2.24, 2.45) is 16.6 Å². The van der Waals surface area contributed by atoms with Crippen LogP contribution in [0.1, 0.15) is 37.8 Å². The molecule has 222 valence electrons. The molecule has 1 atom stereocenters. The summed E-state index contributed by atoms with van der Waals surface area (Å²) in [5.41, 5.74) is 11.2. The van der Waals surface area contributed by atoms with Crippen molar-refractivity contribution >= 4 is 34.4 Å². The molecule has 1 aromatic heterocycles. The molecule has 1 fully saturated rings. The molecule has 1 unspecified atom stereocenters. The lowest BCUT2D eigenvalue weighted by Gasteiger charge is -2.33. The Hall–Kier alpha value is -4.79. The molecular formula is C34H38N6O3. The molecular weight excluding hydrogens is 540 g/mol. The molecule has 4 aromatic rings. The SMILES string of the molecule is COc1ccc(CNc2ccc3[nH]ccc3c2)c(-c2cccc(C3(C)N=C(N)N(CC4CCN(C(C)=O)CC4)C3=O)c2)c1. The van der Waals surface area contributed by atoms with Crippen LogP contribution in [0.2, 0.25) is 0 Å². The fourth-order valence-electron chi connectivity index (χ4n) is 6.21. The van der Waals surface area contributed by atoms with Gasteiger partial charge in [0.1, 0.15) is 5.75 Å². The maximum absolute atomic E-state index is 13.9. The normalized spacial score (nSPS) is 19.1. The Kier molecular flexibility index (Phi) is 7.56. The minimum atomic E-state index is -1.12. The van der Waals surface area contributed by atoms with Crippen LogP contribution in [-0.4, -0.2) is 59.3 Å². The smallest absolute Gasteiger partial charge is 0.261 e. The van der Waals surface area contributed by atoms with E-state index in [2.05, 4.69) is 40.6 Å². The number of ether oxygens (including phenoxy) is 1. The van der Waals surface area contributed by atoms with Crippen LogP contribution in [-0.2, 0) is 21.7 Å². The summed E-state index contributed by atoms with van der Waals surface area (Å²) in [5, 5.41) is 4.71. The van der Waals surface area contributed by atoms with Crippen LogP contribution in [0, 0.1) is 5.92 Å². The van der Waals surface area contributed by atoms with Crippen molar-refractivity contribution in [2.75, 3.05) is 32.1 Å². The van der Waals surface area contributed by atoms with Gasteiger partial charge in [0.05, 0.1) is 7.11 Å². The predicted molar refractivity (Wildman–Crippen MR) is 170 cm³/mol. The Labute approximate surface area is 251 Å². The zero-order chi connectivity index (χ0) is 30.1. The second-order valence-corrected chi connectivity index (χ2v) is 11.6. The maximum Gasteiger partial charge on any atom is 0.261 e. The number of nitrogens with one attached hydrogen (secondary N) is 2. The van der Waals surface area contributed by atoms with Gasteiger partial charge in [-0.25, -0.2) is 4.99 Å². The van der Waals surface area contributed by atoms with Crippen LogP contribution in [0.3, 0.4) is 0 Å². The summed E-state index contributed by atoms with van der Waals surface area (Å²) < 4.78 is 5.58. The lowest BCUT2D eigenvalue weighted by atomic mass is 9.88. The van der Waals surface area contributed by atoms with Gasteiger partial charge in [-0.15, -0.1) is 0 Å². The molecule has 1 saturated heterocycles. The van der Waals surface area contributed by atoms with Gasteiger partial charge in [0.2, 0.25) is 5.91 Å². The highest BCUT2D eigenvalue weighted by Gasteiger charge is 2.46. The first kappa shape index (κ1) is 28.3. The molecule has 0 saturated carbocycles. The molecule has 0 bridgehead atoms. The Balaban J connectivity index is 1.23. The van der Waals surface area contributed by atoms with Crippen molar-refractivity contribution in [3.63, 3.8) is 0 Å². The van der Waals surface area contributed by atoms with Gasteiger partial charge in [0.15, 0.2) is 11.5 Å². The third-order valence-electron chi connectivity index (χ3n) is 8.87. The molecule has 43 heavy (non-hydrogen) atoms. The molecule has 9 heteroatoms. The highest BCUT2D eigenvalue weighted by Crippen LogP contribution is 2.37. The number of rotatable bonds is 8. The van der Waals surface area contributed by atoms with Crippen LogP contribution < -0.4 is 15.8 Å². The summed E-state index contributed by atoms with van der Waals surface area (Å²) in [5.74, 6) is 1.25. The molecule has 6 rings (SSSR count). The number of benzene rings is 3. The van der Waals surface area contributed by atoms with Crippen molar-refractivity contribution in [2.45, 2.75) is 38.8 Å². The molecule has 3 heterocycles. The number of H-pyrrole nitrogens is 1. The molecule has 4 N–H and O–H groups in total. The number of fused-ring (bicyclic) bond motifs is 1. The number of guanidine groups is 1. The summed E-state index contributed by atoms with van der Waals surface area (Å²) >= 11 is 0. The number of carbonyl (C=O) groups excluding carboxylic acids is 2. The highest BCUT2D eigenvalue weighted by atomic mass is 16.5. The zero-order valence-corrected chi connectivity index (χ0v) is 24.9. The van der Waals surface area contributed by atoms with E-state index in [1.165, 1.54) is 0 Å². The van der Waals surface area contributed by atoms with E-state index in [0.29, 0.717) is 26.2 Å². The predicted octanol–water partition coefficient (Wildman–Crippen LogP) is 5.09. The number of aliphatic imine (C=N–C) groups is 1. The van der Waals surface area contributed by atoms with E-state index in [9.17, 15) is 9.59 Å². The number of carbonyl (C=O) groups is 2. The fraction of sp³-hybridized carbons (Fsp3) is 0.324. The van der Waals surface area contributed by atoms with Gasteiger partial charge >= 0.3 is 0 Å². The quantitative estimate of drug-likeness (QED) is 0.270. The monoisotopic (exact) mass is 578 g/mol. The number of anilines is 1. The number of piperidine rings is 1. The topological polar surface area (TPSA) is 116 Å². The standard InChI is InChI=1S/C34H38N6O3/c1-22(41)39-15-12-23(13-16-39)21-40-32(42)34(2,38-33(40)35)27-6-4-5-24(17-27)30-19-29(43-3)9-7-26(30)20-37-28-8-10-31-25(18-28)11-14-36-31/h4-11,14,17-19,23,36-37H,12-13,15-16,20-21H2,1-3H3,(H2,35,38). The van der Waals surface area contributed by atoms with E-state index in [-0.39, 0.29) is 23.7 Å². The summed E-state index contributed by atoms with van der Waals surface area (Å²) in [6.45, 7) is 5.97. The number of nitrogens with zero attached hydrogens (tertiary/aromatic N) is 3. The summed E-state index contributed by atoms with van der Waals surface area (Å²) in [7, 11) is 1.66. The maximum atomic E-state index is 13.9. The lowest BCUT2D eigenvalue weighted by Crippen LogP contribution is -2.46. The molecule has 3 aromatic carbocycles. The number of aromatic nitrogens is 1. The third-order valence-corrected chi connectivity index (χ3v) is 8.87. The molecule has 0 spiro atoms. The number of amides is 2. The van der Waals surface area contributed by atoms with Crippen molar-refractivity contribution in [3.05, 3.63) is 84.1 Å². The van der Waals surface area contributed by atoms with E-state index >= 15 is 0 Å². The second kappa shape index (κ2) is 11.5. The van der Waals surface area contributed by atoms with Crippen molar-refractivity contribution in [1.82, 2.24) is 14.8 Å². The molecule has 2 aliphatic heterocycles. The summed E-state index contributed by atoms with van der Waals surface area (Å²) in [4.78, 5) is 37.0. The Morgan fingerprint density at radius 2 is 1.93 bits per heavy atom. The van der Waals surface area contributed by atoms with Crippen LogP contribution in [0.15, 0.2) is 77.9 Å². The Bertz CT molecular complexity index is 1700. The molecule has 2 aliphatic rings. The first-order valence-corrected chi connectivity index (χ1v) is 14.8. The molecule has 0 radical (unpaired) electrons. The van der Waals surface area contributed by atoms with Gasteiger partial charge in [-0.05, 0) is 90.4 Å². The summed E-state index contributed by atoms with van der Waals surface area (Å²) in [6.07, 6.45) is 3.62. The second-order valence-electron chi connectivity index (χ2n) is 11.6. The highest BCUT2D eigenvalue weighted by molar-refractivity contribution is 6.07. The van der Waals surface area contributed by atoms with Crippen molar-refractivity contribution in [1.29, 1.82) is 0 Å². The van der Waals surface area contributed by atoms with Crippen LogP contribution in [0.4, 0.5) is 5.69 Å². The molecule has 0 aliphatic carbocycles. The minimum absolute atomic E-state index is 0.0948. The van der Waals surface area contributed by atoms with Crippen molar-refractivity contribution in [3.8, 4) is 16.9 Å². The van der Waals surface area contributed by atoms with Gasteiger partial charge in [0, 0.05) is 55.9 Å². The first-order valence-electron chi connectivity index (χ1n) is 14.8. The summed E-state index contributed by atoms with van der Waals surface area (Å²) in [6, 6.07) is 22.4. The van der Waals surface area contributed by atoms with E-state index in [1.807, 2.05) is 54.4 Å². The van der Waals surface area contributed by atoms with E-state index in [1.54, 1.807) is 18.9 Å². The average molecular weight is 579 g/mol. The number of hydrogen-bond acceptors (Lipinski definition) is 6. The first-order chi connectivity index (χ1) is 20.7. The van der Waals surface area contributed by atoms with Gasteiger partial charge in [-0.3, -0.25) is 14.5 Å². The number of aromatic amines is 1. The number of nitrogens with two attached hydrogens (primary N) is 1. The number of likely N-dealkylation sites (tertiary alicyclic amines) is 1. The minimum Gasteiger partial charge on any atom is -0.497 e. The van der Waals surface area contributed by atoms with E-state index in [0.717, 1.165) is 57.4 Å². The van der Waals surface area contributed by atoms with E-state index < -0.39 is 5.54 Å².